The van der Waals surface area contributed by atoms with Gasteiger partial charge in [-0.05, 0) is 50.8 Å². The van der Waals surface area contributed by atoms with Crippen molar-refractivity contribution in [3.05, 3.63) is 22.7 Å². The van der Waals surface area contributed by atoms with E-state index in [4.69, 9.17) is 22.1 Å². The Hall–Kier alpha value is -1.46. The number of nitrogens with one attached hydrogen (secondary N) is 1. The van der Waals surface area contributed by atoms with Crippen LogP contribution in [0, 0.1) is 5.92 Å². The van der Waals surface area contributed by atoms with E-state index in [1.165, 1.54) is 39.5 Å². The van der Waals surface area contributed by atoms with Crippen molar-refractivity contribution in [1.29, 1.82) is 0 Å². The lowest BCUT2D eigenvalue weighted by Crippen LogP contribution is -2.49. The molecule has 6 heteroatoms. The van der Waals surface area contributed by atoms with Crippen LogP contribution in [0.15, 0.2) is 12.1 Å². The number of halogens is 1. The Kier molecular flexibility index (Phi) is 4.97. The van der Waals surface area contributed by atoms with E-state index in [2.05, 4.69) is 10.2 Å². The number of nitrogen functional groups attached to an aromatic ring is 1. The molecule has 1 aromatic rings. The van der Waals surface area contributed by atoms with E-state index in [1.807, 2.05) is 0 Å². The Morgan fingerprint density at radius 3 is 2.78 bits per heavy atom. The van der Waals surface area contributed by atoms with Gasteiger partial charge in [-0.2, -0.15) is 0 Å². The molecule has 3 N–H and O–H groups in total. The molecule has 5 nitrogen and oxygen atoms in total. The molecule has 0 saturated carbocycles. The molecule has 1 amide bonds. The second kappa shape index (κ2) is 6.97. The topological polar surface area (TPSA) is 67.6 Å². The molecule has 4 rings (SSSR count). The third kappa shape index (κ3) is 3.56. The summed E-state index contributed by atoms with van der Waals surface area (Å²) in [5.74, 6) is 1.17. The number of carbonyl (C=O) groups excluding carboxylic acids is 1. The van der Waals surface area contributed by atoms with E-state index in [0.29, 0.717) is 34.6 Å². The molecule has 3 heterocycles. The van der Waals surface area contributed by atoms with Crippen molar-refractivity contribution < 1.29 is 9.53 Å². The zero-order valence-corrected chi connectivity index (χ0v) is 14.2. The van der Waals surface area contributed by atoms with Gasteiger partial charge in [-0.15, -0.1) is 0 Å². The van der Waals surface area contributed by atoms with E-state index in [0.717, 1.165) is 12.3 Å². The number of methoxy groups -OCH3 is 1. The number of nitrogens with two attached hydrogens (primary N) is 1. The van der Waals surface area contributed by atoms with Crippen LogP contribution in [-0.4, -0.2) is 43.6 Å². The molecule has 1 unspecified atom stereocenters. The lowest BCUT2D eigenvalue weighted by Gasteiger charge is -2.45. The van der Waals surface area contributed by atoms with Crippen molar-refractivity contribution in [2.24, 2.45) is 5.92 Å². The summed E-state index contributed by atoms with van der Waals surface area (Å²) in [5.41, 5.74) is 6.58. The minimum Gasteiger partial charge on any atom is -0.496 e. The van der Waals surface area contributed by atoms with Crippen LogP contribution < -0.4 is 15.8 Å². The minimum atomic E-state index is -0.167. The van der Waals surface area contributed by atoms with E-state index in [1.54, 1.807) is 12.1 Å². The molecular weight excluding hydrogens is 314 g/mol. The van der Waals surface area contributed by atoms with E-state index in [9.17, 15) is 4.79 Å². The van der Waals surface area contributed by atoms with Crippen molar-refractivity contribution >= 4 is 23.2 Å². The number of rotatable bonds is 5. The van der Waals surface area contributed by atoms with Gasteiger partial charge in [-0.3, -0.25) is 4.79 Å². The van der Waals surface area contributed by atoms with Gasteiger partial charge >= 0.3 is 0 Å². The van der Waals surface area contributed by atoms with Crippen LogP contribution >= 0.6 is 11.6 Å². The molecule has 3 aliphatic heterocycles. The maximum atomic E-state index is 12.4. The second-order valence-electron chi connectivity index (χ2n) is 6.49. The predicted octanol–water partition coefficient (Wildman–Crippen LogP) is 2.54. The predicted molar refractivity (Wildman–Crippen MR) is 92.1 cm³/mol. The summed E-state index contributed by atoms with van der Waals surface area (Å²) in [4.78, 5) is 14.9. The molecule has 3 aliphatic rings. The number of anilines is 1. The molecule has 2 bridgehead atoms. The highest BCUT2D eigenvalue weighted by Crippen LogP contribution is 2.33. The number of hydrogen-bond acceptors (Lipinski definition) is 4. The number of ether oxygens (including phenoxy) is 1. The fourth-order valence-electron chi connectivity index (χ4n) is 3.75. The Morgan fingerprint density at radius 1 is 1.43 bits per heavy atom. The van der Waals surface area contributed by atoms with Crippen molar-refractivity contribution in [2.45, 2.75) is 31.7 Å². The van der Waals surface area contributed by atoms with Gasteiger partial charge in [0.05, 0.1) is 23.4 Å². The summed E-state index contributed by atoms with van der Waals surface area (Å²) in [5, 5.41) is 3.35. The van der Waals surface area contributed by atoms with Gasteiger partial charge in [0.15, 0.2) is 0 Å². The van der Waals surface area contributed by atoms with Crippen molar-refractivity contribution in [3.63, 3.8) is 0 Å². The number of carbonyl (C=O) groups is 1. The lowest BCUT2D eigenvalue weighted by molar-refractivity contribution is 0.0451. The zero-order chi connectivity index (χ0) is 16.4. The van der Waals surface area contributed by atoms with Crippen LogP contribution in [-0.2, 0) is 0 Å². The number of hydrogen-bond donors (Lipinski definition) is 2. The van der Waals surface area contributed by atoms with Crippen LogP contribution in [0.2, 0.25) is 5.02 Å². The molecule has 23 heavy (non-hydrogen) atoms. The minimum absolute atomic E-state index is 0.167. The average Bonchev–Trinajstić information content (AvgIpc) is 2.58. The number of fused-ring (bicyclic) bond motifs is 3. The van der Waals surface area contributed by atoms with Gasteiger partial charge in [0, 0.05) is 18.7 Å². The third-order valence-corrected chi connectivity index (χ3v) is 5.42. The van der Waals surface area contributed by atoms with E-state index >= 15 is 0 Å². The monoisotopic (exact) mass is 337 g/mol. The fourth-order valence-corrected chi connectivity index (χ4v) is 3.91. The normalized spacial score (nSPS) is 26.1. The summed E-state index contributed by atoms with van der Waals surface area (Å²) >= 11 is 6.02. The van der Waals surface area contributed by atoms with Crippen LogP contribution in [0.4, 0.5) is 5.69 Å². The number of benzene rings is 1. The lowest BCUT2D eigenvalue weighted by atomic mass is 9.82. The number of nitrogens with zero attached hydrogens (tertiary/aromatic N) is 1. The SMILES string of the molecule is COc1cc(N)c(Cl)cc1C(=O)NCCC1CC2CCN1CC2. The third-order valence-electron chi connectivity index (χ3n) is 5.10. The molecule has 0 spiro atoms. The van der Waals surface area contributed by atoms with E-state index in [-0.39, 0.29) is 5.91 Å². The highest BCUT2D eigenvalue weighted by Gasteiger charge is 2.32. The van der Waals surface area contributed by atoms with Gasteiger partial charge < -0.3 is 20.7 Å². The first-order chi connectivity index (χ1) is 11.1. The first-order valence-electron chi connectivity index (χ1n) is 8.23. The molecule has 1 atom stereocenters. The molecule has 0 aliphatic carbocycles. The molecule has 0 radical (unpaired) electrons. The number of piperidine rings is 3. The maximum Gasteiger partial charge on any atom is 0.255 e. The summed E-state index contributed by atoms with van der Waals surface area (Å²) in [6, 6.07) is 3.76. The molecule has 3 saturated heterocycles. The Morgan fingerprint density at radius 2 is 2.17 bits per heavy atom. The van der Waals surface area contributed by atoms with Gasteiger partial charge in [0.25, 0.3) is 5.91 Å². The van der Waals surface area contributed by atoms with Crippen molar-refractivity contribution in [3.8, 4) is 5.75 Å². The molecule has 1 aromatic carbocycles. The van der Waals surface area contributed by atoms with Gasteiger partial charge in [-0.1, -0.05) is 11.6 Å². The summed E-state index contributed by atoms with van der Waals surface area (Å²) < 4.78 is 5.23. The first kappa shape index (κ1) is 16.4. The number of amides is 1. The average molecular weight is 338 g/mol. The first-order valence-corrected chi connectivity index (χ1v) is 8.61. The van der Waals surface area contributed by atoms with Crippen LogP contribution in [0.1, 0.15) is 36.0 Å². The van der Waals surface area contributed by atoms with Crippen LogP contribution in [0.5, 0.6) is 5.75 Å². The quantitative estimate of drug-likeness (QED) is 0.810. The standard InChI is InChI=1S/C17H24ClN3O2/c1-23-16-10-15(19)14(18)9-13(16)17(22)20-5-2-12-8-11-3-6-21(12)7-4-11/h9-12H,2-8,19H2,1H3,(H,20,22). The van der Waals surface area contributed by atoms with Crippen molar-refractivity contribution in [1.82, 2.24) is 10.2 Å². The maximum absolute atomic E-state index is 12.4. The summed E-state index contributed by atoms with van der Waals surface area (Å²) in [6.45, 7) is 3.09. The highest BCUT2D eigenvalue weighted by atomic mass is 35.5. The summed E-state index contributed by atoms with van der Waals surface area (Å²) in [7, 11) is 1.52. The Balaban J connectivity index is 1.56. The Bertz CT molecular complexity index is 585. The Labute approximate surface area is 142 Å². The van der Waals surface area contributed by atoms with Gasteiger partial charge in [0.2, 0.25) is 0 Å². The molecular formula is C17H24ClN3O2. The molecule has 0 aromatic heterocycles. The highest BCUT2D eigenvalue weighted by molar-refractivity contribution is 6.33. The second-order valence-corrected chi connectivity index (χ2v) is 6.89. The smallest absolute Gasteiger partial charge is 0.255 e. The van der Waals surface area contributed by atoms with Gasteiger partial charge in [0.1, 0.15) is 5.75 Å². The summed E-state index contributed by atoms with van der Waals surface area (Å²) in [6.07, 6.45) is 4.94. The molecule has 126 valence electrons. The van der Waals surface area contributed by atoms with Crippen LogP contribution in [0.25, 0.3) is 0 Å². The van der Waals surface area contributed by atoms with Gasteiger partial charge in [-0.25, -0.2) is 0 Å². The fraction of sp³-hybridized carbons (Fsp3) is 0.588. The van der Waals surface area contributed by atoms with Crippen LogP contribution in [0.3, 0.4) is 0 Å². The molecule has 3 fully saturated rings. The van der Waals surface area contributed by atoms with E-state index < -0.39 is 0 Å². The van der Waals surface area contributed by atoms with Crippen molar-refractivity contribution in [2.75, 3.05) is 32.5 Å². The zero-order valence-electron chi connectivity index (χ0n) is 13.5. The largest absolute Gasteiger partial charge is 0.496 e.